The van der Waals surface area contributed by atoms with Crippen molar-refractivity contribution in [2.45, 2.75) is 25.3 Å². The molecule has 1 heterocycles. The lowest BCUT2D eigenvalue weighted by molar-refractivity contribution is -0.138. The molecule has 0 saturated carbocycles. The van der Waals surface area contributed by atoms with Crippen LogP contribution in [0.25, 0.3) is 0 Å². The molecular weight excluding hydrogens is 230 g/mol. The molecule has 98 valence electrons. The fourth-order valence-electron chi connectivity index (χ4n) is 2.61. The Balaban J connectivity index is 2.04. The van der Waals surface area contributed by atoms with Crippen LogP contribution < -0.4 is 4.74 Å². The predicted octanol–water partition coefficient (Wildman–Crippen LogP) is 1.96. The lowest BCUT2D eigenvalue weighted by Gasteiger charge is -2.17. The van der Waals surface area contributed by atoms with Crippen LogP contribution >= 0.6 is 0 Å². The number of aliphatic carboxylic acids is 1. The Morgan fingerprint density at radius 2 is 2.11 bits per heavy atom. The van der Waals surface area contributed by atoms with Gasteiger partial charge in [-0.2, -0.15) is 0 Å². The zero-order valence-electron chi connectivity index (χ0n) is 10.8. The van der Waals surface area contributed by atoms with Crippen molar-refractivity contribution in [2.75, 3.05) is 20.2 Å². The highest BCUT2D eigenvalue weighted by atomic mass is 16.5. The SMILES string of the molecule is COc1ccc([C@H]2C[C@@H](C)N(CC(=O)O)C2)cc1. The number of carboxylic acid groups (broad SMARTS) is 1. The van der Waals surface area contributed by atoms with Crippen molar-refractivity contribution in [3.05, 3.63) is 29.8 Å². The summed E-state index contributed by atoms with van der Waals surface area (Å²) in [5.41, 5.74) is 1.26. The number of likely N-dealkylation sites (tertiary alicyclic amines) is 1. The monoisotopic (exact) mass is 249 g/mol. The minimum Gasteiger partial charge on any atom is -0.497 e. The molecule has 1 saturated heterocycles. The second-order valence-electron chi connectivity index (χ2n) is 4.88. The molecule has 0 radical (unpaired) electrons. The first-order chi connectivity index (χ1) is 8.60. The van der Waals surface area contributed by atoms with Crippen LogP contribution in [-0.2, 0) is 4.79 Å². The van der Waals surface area contributed by atoms with E-state index >= 15 is 0 Å². The van der Waals surface area contributed by atoms with Crippen LogP contribution in [0.2, 0.25) is 0 Å². The highest BCUT2D eigenvalue weighted by molar-refractivity contribution is 5.69. The molecule has 0 spiro atoms. The first kappa shape index (κ1) is 12.9. The van der Waals surface area contributed by atoms with Gasteiger partial charge in [0.05, 0.1) is 13.7 Å². The van der Waals surface area contributed by atoms with Crippen molar-refractivity contribution in [2.24, 2.45) is 0 Å². The van der Waals surface area contributed by atoms with Crippen molar-refractivity contribution in [3.8, 4) is 5.75 Å². The van der Waals surface area contributed by atoms with E-state index < -0.39 is 5.97 Å². The first-order valence-corrected chi connectivity index (χ1v) is 6.20. The van der Waals surface area contributed by atoms with E-state index in [-0.39, 0.29) is 6.54 Å². The van der Waals surface area contributed by atoms with Crippen molar-refractivity contribution in [3.63, 3.8) is 0 Å². The number of methoxy groups -OCH3 is 1. The smallest absolute Gasteiger partial charge is 0.317 e. The van der Waals surface area contributed by atoms with Gasteiger partial charge in [-0.05, 0) is 37.0 Å². The predicted molar refractivity (Wildman–Crippen MR) is 69.0 cm³/mol. The minimum atomic E-state index is -0.753. The molecular formula is C14H19NO3. The molecule has 1 aromatic rings. The van der Waals surface area contributed by atoms with Gasteiger partial charge in [-0.1, -0.05) is 12.1 Å². The van der Waals surface area contributed by atoms with Gasteiger partial charge in [-0.25, -0.2) is 0 Å². The normalized spacial score (nSPS) is 24.1. The number of hydrogen-bond acceptors (Lipinski definition) is 3. The first-order valence-electron chi connectivity index (χ1n) is 6.20. The zero-order valence-corrected chi connectivity index (χ0v) is 10.8. The Morgan fingerprint density at radius 1 is 1.44 bits per heavy atom. The van der Waals surface area contributed by atoms with Gasteiger partial charge in [-0.3, -0.25) is 9.69 Å². The molecule has 2 rings (SSSR count). The maximum atomic E-state index is 10.8. The number of hydrogen-bond donors (Lipinski definition) is 1. The number of rotatable bonds is 4. The third kappa shape index (κ3) is 2.82. The summed E-state index contributed by atoms with van der Waals surface area (Å²) in [7, 11) is 1.65. The van der Waals surface area contributed by atoms with Gasteiger partial charge >= 0.3 is 5.97 Å². The van der Waals surface area contributed by atoms with Crippen molar-refractivity contribution < 1.29 is 14.6 Å². The van der Waals surface area contributed by atoms with Gasteiger partial charge in [0.15, 0.2) is 0 Å². The molecule has 0 unspecified atom stereocenters. The highest BCUT2D eigenvalue weighted by Crippen LogP contribution is 2.32. The summed E-state index contributed by atoms with van der Waals surface area (Å²) in [4.78, 5) is 12.8. The van der Waals surface area contributed by atoms with E-state index in [1.54, 1.807) is 7.11 Å². The number of ether oxygens (including phenoxy) is 1. The van der Waals surface area contributed by atoms with Crippen molar-refractivity contribution in [1.82, 2.24) is 4.90 Å². The lowest BCUT2D eigenvalue weighted by atomic mass is 9.97. The summed E-state index contributed by atoms with van der Waals surface area (Å²) < 4.78 is 5.14. The summed E-state index contributed by atoms with van der Waals surface area (Å²) in [6.07, 6.45) is 1.01. The van der Waals surface area contributed by atoms with Gasteiger partial charge in [-0.15, -0.1) is 0 Å². The maximum absolute atomic E-state index is 10.8. The number of carboxylic acids is 1. The average Bonchev–Trinajstić information content (AvgIpc) is 2.70. The molecule has 1 fully saturated rings. The second-order valence-corrected chi connectivity index (χ2v) is 4.88. The van der Waals surface area contributed by atoms with Crippen LogP contribution in [-0.4, -0.2) is 42.2 Å². The molecule has 0 bridgehead atoms. The molecule has 4 nitrogen and oxygen atoms in total. The van der Waals surface area contributed by atoms with E-state index in [0.29, 0.717) is 12.0 Å². The minimum absolute atomic E-state index is 0.133. The molecule has 0 aromatic heterocycles. The molecule has 0 aliphatic carbocycles. The number of benzene rings is 1. The largest absolute Gasteiger partial charge is 0.497 e. The topological polar surface area (TPSA) is 49.8 Å². The van der Waals surface area contributed by atoms with Gasteiger partial charge < -0.3 is 9.84 Å². The standard InChI is InChI=1S/C14H19NO3/c1-10-7-12(8-15(10)9-14(16)17)11-3-5-13(18-2)6-4-11/h3-6,10,12H,7-9H2,1-2H3,(H,16,17)/t10-,12+/m1/s1. The summed E-state index contributed by atoms with van der Waals surface area (Å²) in [6.45, 7) is 3.04. The van der Waals surface area contributed by atoms with Crippen LogP contribution in [0.5, 0.6) is 5.75 Å². The van der Waals surface area contributed by atoms with E-state index in [2.05, 4.69) is 19.1 Å². The summed E-state index contributed by atoms with van der Waals surface area (Å²) in [6, 6.07) is 8.38. The summed E-state index contributed by atoms with van der Waals surface area (Å²) in [5, 5.41) is 8.86. The Bertz CT molecular complexity index is 416. The summed E-state index contributed by atoms with van der Waals surface area (Å²) in [5.74, 6) is 0.523. The highest BCUT2D eigenvalue weighted by Gasteiger charge is 2.30. The van der Waals surface area contributed by atoms with E-state index in [1.165, 1.54) is 5.56 Å². The number of carbonyl (C=O) groups is 1. The van der Waals surface area contributed by atoms with Crippen LogP contribution in [0.1, 0.15) is 24.8 Å². The third-order valence-electron chi connectivity index (χ3n) is 3.63. The molecule has 4 heteroatoms. The van der Waals surface area contributed by atoms with Crippen LogP contribution in [0.4, 0.5) is 0 Å². The Morgan fingerprint density at radius 3 is 2.67 bits per heavy atom. The summed E-state index contributed by atoms with van der Waals surface area (Å²) >= 11 is 0. The Labute approximate surface area is 107 Å². The fraction of sp³-hybridized carbons (Fsp3) is 0.500. The number of nitrogens with zero attached hydrogens (tertiary/aromatic N) is 1. The van der Waals surface area contributed by atoms with Crippen LogP contribution in [0.3, 0.4) is 0 Å². The Kier molecular flexibility index (Phi) is 3.87. The van der Waals surface area contributed by atoms with Crippen LogP contribution in [0, 0.1) is 0 Å². The average molecular weight is 249 g/mol. The molecule has 18 heavy (non-hydrogen) atoms. The molecule has 1 aromatic carbocycles. The van der Waals surface area contributed by atoms with Gasteiger partial charge in [0, 0.05) is 12.6 Å². The second kappa shape index (κ2) is 5.40. The maximum Gasteiger partial charge on any atom is 0.317 e. The van der Waals surface area contributed by atoms with E-state index in [1.807, 2.05) is 17.0 Å². The van der Waals surface area contributed by atoms with E-state index in [4.69, 9.17) is 9.84 Å². The third-order valence-corrected chi connectivity index (χ3v) is 3.63. The lowest BCUT2D eigenvalue weighted by Crippen LogP contribution is -2.32. The van der Waals surface area contributed by atoms with Gasteiger partial charge in [0.25, 0.3) is 0 Å². The fourth-order valence-corrected chi connectivity index (χ4v) is 2.61. The van der Waals surface area contributed by atoms with E-state index in [9.17, 15) is 4.79 Å². The zero-order chi connectivity index (χ0) is 13.1. The van der Waals surface area contributed by atoms with E-state index in [0.717, 1.165) is 18.7 Å². The quantitative estimate of drug-likeness (QED) is 0.886. The molecule has 1 N–H and O–H groups in total. The molecule has 2 atom stereocenters. The van der Waals surface area contributed by atoms with Gasteiger partial charge in [0.2, 0.25) is 0 Å². The van der Waals surface area contributed by atoms with Crippen molar-refractivity contribution in [1.29, 1.82) is 0 Å². The molecule has 0 amide bonds. The molecule has 1 aliphatic heterocycles. The van der Waals surface area contributed by atoms with Crippen LogP contribution in [0.15, 0.2) is 24.3 Å². The van der Waals surface area contributed by atoms with Crippen molar-refractivity contribution >= 4 is 5.97 Å². The molecule has 1 aliphatic rings. The Hall–Kier alpha value is -1.55. The van der Waals surface area contributed by atoms with Gasteiger partial charge in [0.1, 0.15) is 5.75 Å².